The molecule has 32 heavy (non-hydrogen) atoms. The van der Waals surface area contributed by atoms with Crippen LogP contribution in [0, 0.1) is 17.2 Å². The molecule has 4 atom stereocenters. The number of ether oxygens (including phenoxy) is 2. The molecule has 0 saturated carbocycles. The van der Waals surface area contributed by atoms with Gasteiger partial charge in [-0.1, -0.05) is 11.6 Å². The lowest BCUT2D eigenvalue weighted by Crippen LogP contribution is -2.35. The molecule has 0 bridgehead atoms. The SMILES string of the molecule is Cn1cc(Nc2ncc(Cl)c(N[C@@H]3COC4C3OC[C@@H]4Cc3ccc(C#N)nn3)n2)cn1. The summed E-state index contributed by atoms with van der Waals surface area (Å²) < 4.78 is 13.8. The monoisotopic (exact) mass is 453 g/mol. The second kappa shape index (κ2) is 8.66. The van der Waals surface area contributed by atoms with Crippen molar-refractivity contribution in [2.24, 2.45) is 13.0 Å². The van der Waals surface area contributed by atoms with Gasteiger partial charge in [-0.05, 0) is 18.6 Å². The topological polar surface area (TPSA) is 136 Å². The van der Waals surface area contributed by atoms with Crippen LogP contribution in [0.5, 0.6) is 0 Å². The van der Waals surface area contributed by atoms with Gasteiger partial charge in [0.2, 0.25) is 5.95 Å². The first kappa shape index (κ1) is 20.6. The van der Waals surface area contributed by atoms with Gasteiger partial charge in [0.25, 0.3) is 0 Å². The van der Waals surface area contributed by atoms with Crippen molar-refractivity contribution < 1.29 is 9.47 Å². The molecule has 5 rings (SSSR count). The van der Waals surface area contributed by atoms with Crippen molar-refractivity contribution >= 4 is 29.1 Å². The Morgan fingerprint density at radius 3 is 2.84 bits per heavy atom. The van der Waals surface area contributed by atoms with Gasteiger partial charge < -0.3 is 20.1 Å². The summed E-state index contributed by atoms with van der Waals surface area (Å²) in [5.41, 5.74) is 1.89. The summed E-state index contributed by atoms with van der Waals surface area (Å²) in [6.07, 6.45) is 5.52. The van der Waals surface area contributed by atoms with Crippen LogP contribution in [0.1, 0.15) is 11.4 Å². The van der Waals surface area contributed by atoms with E-state index in [-0.39, 0.29) is 24.2 Å². The Hall–Kier alpha value is -3.33. The van der Waals surface area contributed by atoms with E-state index in [1.807, 2.05) is 25.4 Å². The van der Waals surface area contributed by atoms with E-state index in [9.17, 15) is 0 Å². The molecule has 2 unspecified atom stereocenters. The smallest absolute Gasteiger partial charge is 0.229 e. The quantitative estimate of drug-likeness (QED) is 0.567. The fourth-order valence-electron chi connectivity index (χ4n) is 3.99. The van der Waals surface area contributed by atoms with E-state index in [0.717, 1.165) is 11.4 Å². The summed E-state index contributed by atoms with van der Waals surface area (Å²) in [6, 6.07) is 5.37. The molecule has 12 heteroatoms. The van der Waals surface area contributed by atoms with Crippen molar-refractivity contribution in [3.8, 4) is 6.07 Å². The molecule has 2 fully saturated rings. The maximum absolute atomic E-state index is 8.87. The van der Waals surface area contributed by atoms with Gasteiger partial charge in [0.05, 0.1) is 49.1 Å². The first-order valence-corrected chi connectivity index (χ1v) is 10.5. The van der Waals surface area contributed by atoms with E-state index in [4.69, 9.17) is 26.3 Å². The molecule has 3 aromatic rings. The molecule has 0 amide bonds. The molecule has 3 aromatic heterocycles. The normalized spacial score (nSPS) is 24.2. The predicted molar refractivity (Wildman–Crippen MR) is 114 cm³/mol. The Balaban J connectivity index is 1.24. The van der Waals surface area contributed by atoms with E-state index >= 15 is 0 Å². The van der Waals surface area contributed by atoms with Gasteiger partial charge in [0.1, 0.15) is 17.2 Å². The van der Waals surface area contributed by atoms with E-state index in [1.165, 1.54) is 0 Å². The number of nitrogens with one attached hydrogen (secondary N) is 2. The van der Waals surface area contributed by atoms with Gasteiger partial charge >= 0.3 is 0 Å². The molecular formula is C20H20ClN9O2. The summed E-state index contributed by atoms with van der Waals surface area (Å²) in [6.45, 7) is 1.02. The molecule has 11 nitrogen and oxygen atoms in total. The highest BCUT2D eigenvalue weighted by Crippen LogP contribution is 2.35. The Morgan fingerprint density at radius 1 is 1.22 bits per heavy atom. The standard InChI is InChI=1S/C20H20ClN9O2/c1-30-8-14(6-24-30)25-20-23-7-15(21)19(27-20)26-16-10-32-17-11(9-31-18(16)17)4-12-2-3-13(5-22)29-28-12/h2-3,6-8,11,16-18H,4,9-10H2,1H3,(H2,23,25,26,27)/t11-,16+,17?,18?/m0/s1. The number of anilines is 3. The minimum atomic E-state index is -0.132. The van der Waals surface area contributed by atoms with E-state index in [1.54, 1.807) is 23.1 Å². The minimum absolute atomic E-state index is 0.0708. The summed E-state index contributed by atoms with van der Waals surface area (Å²) in [5, 5.41) is 27.9. The number of hydrogen-bond donors (Lipinski definition) is 2. The van der Waals surface area contributed by atoms with Crippen molar-refractivity contribution in [2.75, 3.05) is 23.8 Å². The fraction of sp³-hybridized carbons (Fsp3) is 0.400. The van der Waals surface area contributed by atoms with E-state index in [0.29, 0.717) is 42.1 Å². The number of fused-ring (bicyclic) bond motifs is 1. The molecule has 0 radical (unpaired) electrons. The molecule has 0 aromatic carbocycles. The number of aromatic nitrogens is 6. The summed E-state index contributed by atoms with van der Waals surface area (Å²) in [4.78, 5) is 8.73. The Labute approximate surface area is 188 Å². The van der Waals surface area contributed by atoms with Crippen molar-refractivity contribution in [1.82, 2.24) is 29.9 Å². The summed E-state index contributed by atoms with van der Waals surface area (Å²) >= 11 is 6.33. The van der Waals surface area contributed by atoms with E-state index in [2.05, 4.69) is 35.9 Å². The largest absolute Gasteiger partial charge is 0.373 e. The summed E-state index contributed by atoms with van der Waals surface area (Å²) in [7, 11) is 1.83. The van der Waals surface area contributed by atoms with Gasteiger partial charge in [-0.3, -0.25) is 4.68 Å². The molecule has 0 spiro atoms. The molecule has 2 aliphatic rings. The second-order valence-electron chi connectivity index (χ2n) is 7.75. The van der Waals surface area contributed by atoms with Crippen molar-refractivity contribution in [3.63, 3.8) is 0 Å². The van der Waals surface area contributed by atoms with Gasteiger partial charge in [0, 0.05) is 19.2 Å². The van der Waals surface area contributed by atoms with Gasteiger partial charge in [-0.25, -0.2) is 4.98 Å². The lowest BCUT2D eigenvalue weighted by molar-refractivity contribution is 0.0631. The third kappa shape index (κ3) is 4.20. The number of halogens is 1. The Bertz CT molecular complexity index is 1150. The predicted octanol–water partition coefficient (Wildman–Crippen LogP) is 1.71. The number of aryl methyl sites for hydroxylation is 1. The molecule has 2 aliphatic heterocycles. The first-order valence-electron chi connectivity index (χ1n) is 10.1. The fourth-order valence-corrected chi connectivity index (χ4v) is 4.14. The van der Waals surface area contributed by atoms with E-state index < -0.39 is 0 Å². The third-order valence-corrected chi connectivity index (χ3v) is 5.77. The summed E-state index contributed by atoms with van der Waals surface area (Å²) in [5.74, 6) is 1.06. The van der Waals surface area contributed by atoms with Gasteiger partial charge in [0.15, 0.2) is 11.5 Å². The minimum Gasteiger partial charge on any atom is -0.373 e. The second-order valence-corrected chi connectivity index (χ2v) is 8.16. The van der Waals surface area contributed by atoms with Crippen LogP contribution in [0.25, 0.3) is 0 Å². The highest BCUT2D eigenvalue weighted by molar-refractivity contribution is 6.32. The third-order valence-electron chi connectivity index (χ3n) is 5.49. The van der Waals surface area contributed by atoms with Crippen molar-refractivity contribution in [1.29, 1.82) is 5.26 Å². The van der Waals surface area contributed by atoms with Crippen LogP contribution in [0.4, 0.5) is 17.5 Å². The lowest BCUT2D eigenvalue weighted by Gasteiger charge is -2.19. The van der Waals surface area contributed by atoms with Crippen LogP contribution in [0.2, 0.25) is 5.02 Å². The highest BCUT2D eigenvalue weighted by atomic mass is 35.5. The van der Waals surface area contributed by atoms with Crippen LogP contribution in [-0.2, 0) is 22.9 Å². The molecule has 2 saturated heterocycles. The first-order chi connectivity index (χ1) is 15.6. The van der Waals surface area contributed by atoms with Gasteiger partial charge in [-0.2, -0.15) is 20.4 Å². The molecular weight excluding hydrogens is 434 g/mol. The zero-order valence-corrected chi connectivity index (χ0v) is 17.9. The highest BCUT2D eigenvalue weighted by Gasteiger charge is 2.47. The number of rotatable bonds is 6. The Kier molecular flexibility index (Phi) is 5.57. The number of nitrogens with zero attached hydrogens (tertiary/aromatic N) is 7. The maximum atomic E-state index is 8.87. The average Bonchev–Trinajstić information content (AvgIpc) is 3.50. The van der Waals surface area contributed by atoms with Crippen molar-refractivity contribution in [2.45, 2.75) is 24.7 Å². The van der Waals surface area contributed by atoms with Crippen LogP contribution >= 0.6 is 11.6 Å². The van der Waals surface area contributed by atoms with Gasteiger partial charge in [-0.15, -0.1) is 5.10 Å². The zero-order valence-electron chi connectivity index (χ0n) is 17.1. The number of nitriles is 1. The lowest BCUT2D eigenvalue weighted by atomic mass is 9.95. The molecule has 164 valence electrons. The van der Waals surface area contributed by atoms with Crippen LogP contribution < -0.4 is 10.6 Å². The van der Waals surface area contributed by atoms with Crippen LogP contribution in [-0.4, -0.2) is 61.4 Å². The Morgan fingerprint density at radius 2 is 2.09 bits per heavy atom. The van der Waals surface area contributed by atoms with Crippen molar-refractivity contribution in [3.05, 3.63) is 47.1 Å². The number of hydrogen-bond acceptors (Lipinski definition) is 10. The van der Waals surface area contributed by atoms with Crippen LogP contribution in [0.3, 0.4) is 0 Å². The average molecular weight is 454 g/mol. The zero-order chi connectivity index (χ0) is 22.1. The van der Waals surface area contributed by atoms with Crippen LogP contribution in [0.15, 0.2) is 30.7 Å². The maximum Gasteiger partial charge on any atom is 0.229 e. The molecule has 0 aliphatic carbocycles. The molecule has 5 heterocycles. The molecule has 2 N–H and O–H groups in total.